The number of thiol groups is 1. The number of carbonyl (C=O) groups excluding carboxylic acids is 3. The van der Waals surface area contributed by atoms with Gasteiger partial charge in [0.15, 0.2) is 0 Å². The molecule has 220 valence electrons. The van der Waals surface area contributed by atoms with E-state index in [9.17, 15) is 24.3 Å². The molecule has 1 aliphatic rings. The number of aromatic nitrogens is 2. The lowest BCUT2D eigenvalue weighted by atomic mass is 10.0. The summed E-state index contributed by atoms with van der Waals surface area (Å²) in [6.45, 7) is 0.283. The molecule has 42 heavy (non-hydrogen) atoms. The van der Waals surface area contributed by atoms with Crippen LogP contribution in [0.1, 0.15) is 24.0 Å². The number of H-pyrrole nitrogens is 2. The van der Waals surface area contributed by atoms with Crippen molar-refractivity contribution in [3.8, 4) is 0 Å². The van der Waals surface area contributed by atoms with Crippen molar-refractivity contribution in [1.82, 2.24) is 25.5 Å². The number of carbonyl (C=O) groups is 4. The molecule has 3 amide bonds. The summed E-state index contributed by atoms with van der Waals surface area (Å²) in [6.07, 6.45) is 4.87. The van der Waals surface area contributed by atoms with Gasteiger partial charge in [-0.05, 0) is 42.5 Å². The fourth-order valence-electron chi connectivity index (χ4n) is 5.58. The third-order valence-electron chi connectivity index (χ3n) is 7.80. The molecule has 0 bridgehead atoms. The number of aliphatic carboxylic acids is 1. The number of benzene rings is 2. The van der Waals surface area contributed by atoms with Crippen LogP contribution in [0.15, 0.2) is 60.9 Å². The Morgan fingerprint density at radius 3 is 2.07 bits per heavy atom. The molecule has 7 N–H and O–H groups in total. The Morgan fingerprint density at radius 1 is 0.905 bits per heavy atom. The minimum atomic E-state index is -1.08. The number of hydrogen-bond donors (Lipinski definition) is 7. The Labute approximate surface area is 247 Å². The third kappa shape index (κ3) is 6.14. The van der Waals surface area contributed by atoms with Crippen LogP contribution in [0.3, 0.4) is 0 Å². The van der Waals surface area contributed by atoms with Crippen LogP contribution < -0.4 is 16.4 Å². The summed E-state index contributed by atoms with van der Waals surface area (Å²) >= 11 is 4.28. The SMILES string of the molecule is NC(Cc1c[nH]c2ccccc12)C(=O)NC(CS)C(=O)NC(Cc1c[nH]c2ccccc12)C(=O)N1CCCC1C(=O)O. The van der Waals surface area contributed by atoms with Gasteiger partial charge in [0.2, 0.25) is 17.7 Å². The minimum Gasteiger partial charge on any atom is -0.480 e. The number of likely N-dealkylation sites (tertiary alicyclic amines) is 1. The van der Waals surface area contributed by atoms with E-state index in [2.05, 4.69) is 33.2 Å². The molecule has 0 saturated carbocycles. The van der Waals surface area contributed by atoms with Crippen molar-refractivity contribution in [2.75, 3.05) is 12.3 Å². The summed E-state index contributed by atoms with van der Waals surface area (Å²) in [5.41, 5.74) is 9.70. The van der Waals surface area contributed by atoms with E-state index in [4.69, 9.17) is 5.73 Å². The fourth-order valence-corrected chi connectivity index (χ4v) is 5.84. The first-order valence-corrected chi connectivity index (χ1v) is 14.5. The van der Waals surface area contributed by atoms with E-state index in [1.807, 2.05) is 54.7 Å². The van der Waals surface area contributed by atoms with Crippen molar-refractivity contribution in [2.45, 2.75) is 49.9 Å². The number of amides is 3. The molecular formula is C30H34N6O5S. The molecular weight excluding hydrogens is 556 g/mol. The van der Waals surface area contributed by atoms with E-state index in [1.165, 1.54) is 4.90 Å². The smallest absolute Gasteiger partial charge is 0.326 e. The fraction of sp³-hybridized carbons (Fsp3) is 0.333. The topological polar surface area (TPSA) is 173 Å². The van der Waals surface area contributed by atoms with E-state index in [-0.39, 0.29) is 25.1 Å². The standard InChI is InChI=1S/C30H34N6O5S/c31-21(12-17-14-32-22-8-3-1-6-19(17)22)27(37)35-25(16-42)28(38)34-24(29(39)36-11-5-10-26(36)30(40)41)13-18-15-33-23-9-4-2-7-20(18)23/h1-4,6-9,14-15,21,24-26,32-33,42H,5,10-13,16,31H2,(H,34,38)(H,35,37)(H,40,41). The van der Waals surface area contributed by atoms with E-state index < -0.39 is 47.9 Å². The molecule has 4 atom stereocenters. The van der Waals surface area contributed by atoms with Crippen LogP contribution in [-0.2, 0) is 32.0 Å². The highest BCUT2D eigenvalue weighted by molar-refractivity contribution is 7.80. The molecule has 1 fully saturated rings. The van der Waals surface area contributed by atoms with Crippen molar-refractivity contribution in [3.05, 3.63) is 72.1 Å². The molecule has 2 aromatic heterocycles. The predicted molar refractivity (Wildman–Crippen MR) is 162 cm³/mol. The number of carboxylic acids is 1. The molecule has 1 aliphatic heterocycles. The van der Waals surface area contributed by atoms with Gasteiger partial charge in [-0.25, -0.2) is 4.79 Å². The van der Waals surface area contributed by atoms with Crippen molar-refractivity contribution >= 4 is 58.1 Å². The van der Waals surface area contributed by atoms with Crippen LogP contribution in [0.25, 0.3) is 21.8 Å². The van der Waals surface area contributed by atoms with Crippen LogP contribution >= 0.6 is 12.6 Å². The quantitative estimate of drug-likeness (QED) is 0.131. The molecule has 11 nitrogen and oxygen atoms in total. The van der Waals surface area contributed by atoms with Gasteiger partial charge in [-0.2, -0.15) is 12.6 Å². The molecule has 0 radical (unpaired) electrons. The Bertz CT molecular complexity index is 1620. The Hall–Kier alpha value is -4.29. The summed E-state index contributed by atoms with van der Waals surface area (Å²) in [4.78, 5) is 59.6. The van der Waals surface area contributed by atoms with Crippen molar-refractivity contribution in [1.29, 1.82) is 0 Å². The first-order valence-electron chi connectivity index (χ1n) is 13.9. The second kappa shape index (κ2) is 12.7. The molecule has 3 heterocycles. The second-order valence-corrected chi connectivity index (χ2v) is 10.9. The molecule has 1 saturated heterocycles. The van der Waals surface area contributed by atoms with Gasteiger partial charge < -0.3 is 36.3 Å². The monoisotopic (exact) mass is 590 g/mol. The van der Waals surface area contributed by atoms with Gasteiger partial charge in [0.25, 0.3) is 0 Å². The number of para-hydroxylation sites is 2. The van der Waals surface area contributed by atoms with Gasteiger partial charge in [0.05, 0.1) is 6.04 Å². The van der Waals surface area contributed by atoms with Gasteiger partial charge in [-0.15, -0.1) is 0 Å². The van der Waals surface area contributed by atoms with Crippen molar-refractivity contribution < 1.29 is 24.3 Å². The van der Waals surface area contributed by atoms with Gasteiger partial charge in [-0.3, -0.25) is 14.4 Å². The van der Waals surface area contributed by atoms with E-state index in [0.29, 0.717) is 12.8 Å². The number of nitrogens with two attached hydrogens (primary N) is 1. The summed E-state index contributed by atoms with van der Waals surface area (Å²) in [6, 6.07) is 11.3. The van der Waals surface area contributed by atoms with Crippen molar-refractivity contribution in [3.63, 3.8) is 0 Å². The Balaban J connectivity index is 1.31. The number of nitrogens with zero attached hydrogens (tertiary/aromatic N) is 1. The first-order chi connectivity index (χ1) is 20.3. The van der Waals surface area contributed by atoms with Crippen LogP contribution in [0, 0.1) is 0 Å². The summed E-state index contributed by atoms with van der Waals surface area (Å²) < 4.78 is 0. The van der Waals surface area contributed by atoms with E-state index in [1.54, 1.807) is 6.20 Å². The first kappa shape index (κ1) is 29.2. The van der Waals surface area contributed by atoms with Crippen LogP contribution in [0.2, 0.25) is 0 Å². The lowest BCUT2D eigenvalue weighted by Gasteiger charge is -2.28. The number of rotatable bonds is 11. The number of aromatic amines is 2. The summed E-state index contributed by atoms with van der Waals surface area (Å²) in [5, 5.41) is 17.0. The van der Waals surface area contributed by atoms with Gasteiger partial charge >= 0.3 is 5.97 Å². The Morgan fingerprint density at radius 2 is 1.48 bits per heavy atom. The van der Waals surface area contributed by atoms with Crippen molar-refractivity contribution in [2.24, 2.45) is 5.73 Å². The Kier molecular flexibility index (Phi) is 8.83. The largest absolute Gasteiger partial charge is 0.480 e. The number of carboxylic acid groups (broad SMARTS) is 1. The van der Waals surface area contributed by atoms with E-state index >= 15 is 0 Å². The zero-order valence-electron chi connectivity index (χ0n) is 22.9. The van der Waals surface area contributed by atoms with Crippen LogP contribution in [-0.4, -0.2) is 80.1 Å². The highest BCUT2D eigenvalue weighted by atomic mass is 32.1. The average molecular weight is 591 g/mol. The average Bonchev–Trinajstić information content (AvgIpc) is 3.74. The van der Waals surface area contributed by atoms with Gasteiger partial charge in [0.1, 0.15) is 18.1 Å². The van der Waals surface area contributed by atoms with Crippen LogP contribution in [0.4, 0.5) is 0 Å². The molecule has 5 rings (SSSR count). The molecule has 12 heteroatoms. The molecule has 4 aromatic rings. The molecule has 2 aromatic carbocycles. The number of fused-ring (bicyclic) bond motifs is 2. The third-order valence-corrected chi connectivity index (χ3v) is 8.17. The maximum atomic E-state index is 13.7. The highest BCUT2D eigenvalue weighted by Gasteiger charge is 2.38. The molecule has 4 unspecified atom stereocenters. The highest BCUT2D eigenvalue weighted by Crippen LogP contribution is 2.23. The molecule has 0 aliphatic carbocycles. The summed E-state index contributed by atoms with van der Waals surface area (Å²) in [5.74, 6) is -2.74. The second-order valence-electron chi connectivity index (χ2n) is 10.6. The van der Waals surface area contributed by atoms with Crippen LogP contribution in [0.5, 0.6) is 0 Å². The normalized spacial score (nSPS) is 17.2. The predicted octanol–water partition coefficient (Wildman–Crippen LogP) is 1.74. The lowest BCUT2D eigenvalue weighted by Crippen LogP contribution is -2.58. The van der Waals surface area contributed by atoms with E-state index in [0.717, 1.165) is 32.9 Å². The van der Waals surface area contributed by atoms with Gasteiger partial charge in [-0.1, -0.05) is 36.4 Å². The number of hydrogen-bond acceptors (Lipinski definition) is 6. The number of nitrogens with one attached hydrogen (secondary N) is 4. The van der Waals surface area contributed by atoms with Gasteiger partial charge in [0, 0.05) is 52.9 Å². The molecule has 0 spiro atoms. The zero-order valence-corrected chi connectivity index (χ0v) is 23.8. The lowest BCUT2D eigenvalue weighted by molar-refractivity contribution is -0.149. The minimum absolute atomic E-state index is 0.0349. The zero-order chi connectivity index (χ0) is 29.8. The maximum Gasteiger partial charge on any atom is 0.326 e. The summed E-state index contributed by atoms with van der Waals surface area (Å²) in [7, 11) is 0. The maximum absolute atomic E-state index is 13.7.